The summed E-state index contributed by atoms with van der Waals surface area (Å²) in [5.74, 6) is -0.608. The number of esters is 1. The molecule has 4 rings (SSSR count). The number of nitrogens with zero attached hydrogens (tertiary/aromatic N) is 2. The van der Waals surface area contributed by atoms with E-state index in [1.165, 1.54) is 23.1 Å². The molecular weight excluding hydrogens is 454 g/mol. The number of rotatable bonds is 8. The van der Waals surface area contributed by atoms with Crippen molar-refractivity contribution in [3.05, 3.63) is 100 Å². The summed E-state index contributed by atoms with van der Waals surface area (Å²) in [5, 5.41) is 5.90. The van der Waals surface area contributed by atoms with Gasteiger partial charge in [0.1, 0.15) is 16.6 Å². The number of ether oxygens (including phenoxy) is 1. The first-order valence-corrected chi connectivity index (χ1v) is 11.9. The fourth-order valence-corrected chi connectivity index (χ4v) is 4.59. The number of pyridine rings is 1. The lowest BCUT2D eigenvalue weighted by atomic mass is 10.2. The molecule has 0 fully saturated rings. The van der Waals surface area contributed by atoms with E-state index in [0.29, 0.717) is 21.3 Å². The molecule has 6 nitrogen and oxygen atoms in total. The molecule has 2 aromatic carbocycles. The van der Waals surface area contributed by atoms with Crippen molar-refractivity contribution in [1.82, 2.24) is 9.97 Å². The number of benzene rings is 2. The zero-order valence-corrected chi connectivity index (χ0v) is 19.5. The molecule has 0 aliphatic rings. The predicted octanol–water partition coefficient (Wildman–Crippen LogP) is 5.54. The number of aromatic nitrogens is 2. The van der Waals surface area contributed by atoms with E-state index in [1.807, 2.05) is 61.5 Å². The number of carbonyl (C=O) groups excluding carboxylic acids is 2. The van der Waals surface area contributed by atoms with Gasteiger partial charge in [0.25, 0.3) is 0 Å². The molecule has 0 atom stereocenters. The van der Waals surface area contributed by atoms with Crippen LogP contribution in [0, 0.1) is 6.92 Å². The van der Waals surface area contributed by atoms with Gasteiger partial charge in [0, 0.05) is 22.2 Å². The zero-order chi connectivity index (χ0) is 23.0. The van der Waals surface area contributed by atoms with Crippen LogP contribution in [0.1, 0.15) is 26.6 Å². The highest BCUT2D eigenvalue weighted by Gasteiger charge is 2.16. The van der Waals surface area contributed by atoms with Crippen molar-refractivity contribution >= 4 is 40.7 Å². The maximum absolute atomic E-state index is 12.7. The summed E-state index contributed by atoms with van der Waals surface area (Å²) in [6, 6.07) is 20.7. The van der Waals surface area contributed by atoms with Crippen LogP contribution >= 0.6 is 23.1 Å². The van der Waals surface area contributed by atoms with Crippen molar-refractivity contribution < 1.29 is 14.3 Å². The largest absolute Gasteiger partial charge is 0.455 e. The lowest BCUT2D eigenvalue weighted by molar-refractivity contribution is -0.115. The van der Waals surface area contributed by atoms with E-state index in [-0.39, 0.29) is 18.9 Å². The maximum atomic E-state index is 12.7. The SMILES string of the molecule is Cc1ccc(NC(=O)Cc2nc(COC(=O)c3cccnc3Sc3ccccc3)cs2)cc1. The minimum atomic E-state index is -0.465. The lowest BCUT2D eigenvalue weighted by Crippen LogP contribution is -2.14. The van der Waals surface area contributed by atoms with Gasteiger partial charge < -0.3 is 10.1 Å². The molecule has 0 aliphatic carbocycles. The minimum Gasteiger partial charge on any atom is -0.455 e. The molecule has 0 radical (unpaired) electrons. The fraction of sp³-hybridized carbons (Fsp3) is 0.120. The predicted molar refractivity (Wildman–Crippen MR) is 130 cm³/mol. The van der Waals surface area contributed by atoms with Gasteiger partial charge in [0.15, 0.2) is 0 Å². The molecule has 1 N–H and O–H groups in total. The Morgan fingerprint density at radius 3 is 2.61 bits per heavy atom. The summed E-state index contributed by atoms with van der Waals surface area (Å²) >= 11 is 2.77. The van der Waals surface area contributed by atoms with Crippen molar-refractivity contribution in [2.24, 2.45) is 0 Å². The number of anilines is 1. The van der Waals surface area contributed by atoms with Crippen LogP contribution in [0.15, 0.2) is 88.2 Å². The number of nitrogens with one attached hydrogen (secondary N) is 1. The molecule has 0 unspecified atom stereocenters. The van der Waals surface area contributed by atoms with Crippen LogP contribution < -0.4 is 5.32 Å². The van der Waals surface area contributed by atoms with E-state index in [9.17, 15) is 9.59 Å². The van der Waals surface area contributed by atoms with Gasteiger partial charge in [0.2, 0.25) is 5.91 Å². The van der Waals surface area contributed by atoms with Gasteiger partial charge in [-0.1, -0.05) is 47.7 Å². The third-order valence-corrected chi connectivity index (χ3v) is 6.47. The second kappa shape index (κ2) is 10.9. The zero-order valence-electron chi connectivity index (χ0n) is 17.9. The first-order valence-electron chi connectivity index (χ1n) is 10.2. The smallest absolute Gasteiger partial charge is 0.341 e. The molecule has 1 amide bonds. The van der Waals surface area contributed by atoms with Gasteiger partial charge in [-0.15, -0.1) is 11.3 Å². The molecule has 0 aliphatic heterocycles. The third kappa shape index (κ3) is 6.50. The van der Waals surface area contributed by atoms with Crippen LogP contribution in [-0.2, 0) is 22.6 Å². The molecule has 8 heteroatoms. The van der Waals surface area contributed by atoms with Crippen LogP contribution in [0.25, 0.3) is 0 Å². The molecule has 0 saturated heterocycles. The average Bonchev–Trinajstić information content (AvgIpc) is 3.27. The summed E-state index contributed by atoms with van der Waals surface area (Å²) in [6.45, 7) is 2.02. The molecule has 0 bridgehead atoms. The Bertz CT molecular complexity index is 1240. The monoisotopic (exact) mass is 475 g/mol. The van der Waals surface area contributed by atoms with Crippen LogP contribution in [0.2, 0.25) is 0 Å². The number of hydrogen-bond acceptors (Lipinski definition) is 7. The highest BCUT2D eigenvalue weighted by molar-refractivity contribution is 7.99. The van der Waals surface area contributed by atoms with E-state index >= 15 is 0 Å². The molecule has 33 heavy (non-hydrogen) atoms. The van der Waals surface area contributed by atoms with Crippen molar-refractivity contribution in [2.45, 2.75) is 29.9 Å². The first kappa shape index (κ1) is 22.7. The van der Waals surface area contributed by atoms with Crippen LogP contribution in [0.5, 0.6) is 0 Å². The maximum Gasteiger partial charge on any atom is 0.341 e. The summed E-state index contributed by atoms with van der Waals surface area (Å²) in [6.07, 6.45) is 1.81. The number of amides is 1. The van der Waals surface area contributed by atoms with Gasteiger partial charge >= 0.3 is 5.97 Å². The van der Waals surface area contributed by atoms with Crippen molar-refractivity contribution in [1.29, 1.82) is 0 Å². The van der Waals surface area contributed by atoms with Crippen LogP contribution in [0.3, 0.4) is 0 Å². The fourth-order valence-electron chi connectivity index (χ4n) is 2.92. The average molecular weight is 476 g/mol. The molecular formula is C25H21N3O3S2. The summed E-state index contributed by atoms with van der Waals surface area (Å²) in [4.78, 5) is 34.7. The summed E-state index contributed by atoms with van der Waals surface area (Å²) in [5.41, 5.74) is 2.88. The standard InChI is InChI=1S/C25H21N3O3S2/c1-17-9-11-18(12-10-17)27-22(29)14-23-28-19(16-32-23)15-31-25(30)21-8-5-13-26-24(21)33-20-6-3-2-4-7-20/h2-13,16H,14-15H2,1H3,(H,27,29). The van der Waals surface area contributed by atoms with Crippen LogP contribution in [0.4, 0.5) is 5.69 Å². The van der Waals surface area contributed by atoms with Crippen molar-refractivity contribution in [3.8, 4) is 0 Å². The van der Waals surface area contributed by atoms with E-state index in [1.54, 1.807) is 23.7 Å². The van der Waals surface area contributed by atoms with Gasteiger partial charge in [0.05, 0.1) is 17.7 Å². The van der Waals surface area contributed by atoms with Crippen molar-refractivity contribution in [3.63, 3.8) is 0 Å². The van der Waals surface area contributed by atoms with E-state index in [2.05, 4.69) is 15.3 Å². The van der Waals surface area contributed by atoms with E-state index in [0.717, 1.165) is 16.1 Å². The Balaban J connectivity index is 1.32. The summed E-state index contributed by atoms with van der Waals surface area (Å²) < 4.78 is 5.47. The number of carbonyl (C=O) groups is 2. The Hall–Kier alpha value is -3.49. The Labute approximate surface area is 200 Å². The molecule has 2 heterocycles. The van der Waals surface area contributed by atoms with Crippen LogP contribution in [-0.4, -0.2) is 21.8 Å². The van der Waals surface area contributed by atoms with Gasteiger partial charge in [-0.05, 0) is 43.3 Å². The minimum absolute atomic E-state index is 0.0270. The third-order valence-electron chi connectivity index (χ3n) is 4.55. The molecule has 4 aromatic rings. The lowest BCUT2D eigenvalue weighted by Gasteiger charge is -2.08. The quantitative estimate of drug-likeness (QED) is 0.337. The highest BCUT2D eigenvalue weighted by Crippen LogP contribution is 2.28. The highest BCUT2D eigenvalue weighted by atomic mass is 32.2. The second-order valence-electron chi connectivity index (χ2n) is 7.17. The Morgan fingerprint density at radius 1 is 1.03 bits per heavy atom. The molecule has 2 aromatic heterocycles. The first-order chi connectivity index (χ1) is 16.1. The van der Waals surface area contributed by atoms with E-state index in [4.69, 9.17) is 4.74 Å². The normalized spacial score (nSPS) is 10.6. The topological polar surface area (TPSA) is 81.2 Å². The Morgan fingerprint density at radius 2 is 1.82 bits per heavy atom. The molecule has 0 spiro atoms. The second-order valence-corrected chi connectivity index (χ2v) is 9.18. The van der Waals surface area contributed by atoms with Gasteiger partial charge in [-0.3, -0.25) is 4.79 Å². The van der Waals surface area contributed by atoms with E-state index < -0.39 is 5.97 Å². The summed E-state index contributed by atoms with van der Waals surface area (Å²) in [7, 11) is 0. The molecule has 166 valence electrons. The molecule has 0 saturated carbocycles. The Kier molecular flexibility index (Phi) is 7.49. The number of aryl methyl sites for hydroxylation is 1. The van der Waals surface area contributed by atoms with Gasteiger partial charge in [-0.2, -0.15) is 0 Å². The number of hydrogen-bond donors (Lipinski definition) is 1. The number of thiazole rings is 1. The van der Waals surface area contributed by atoms with Gasteiger partial charge in [-0.25, -0.2) is 14.8 Å². The van der Waals surface area contributed by atoms with Crippen molar-refractivity contribution in [2.75, 3.05) is 5.32 Å².